The average Bonchev–Trinajstić information content (AvgIpc) is 2.80. The monoisotopic (exact) mass is 273 g/mol. The minimum absolute atomic E-state index is 0.912. The molecule has 2 heterocycles. The summed E-state index contributed by atoms with van der Waals surface area (Å²) in [6, 6.07) is 8.66. The molecule has 4 heteroatoms. The van der Waals surface area contributed by atoms with E-state index in [2.05, 4.69) is 51.8 Å². The molecule has 0 atom stereocenters. The Morgan fingerprint density at radius 2 is 2.26 bits per heavy atom. The van der Waals surface area contributed by atoms with Crippen LogP contribution in [0.25, 0.3) is 0 Å². The molecule has 0 fully saturated rings. The van der Waals surface area contributed by atoms with Gasteiger partial charge in [-0.1, -0.05) is 25.1 Å². The highest BCUT2D eigenvalue weighted by molar-refractivity contribution is 7.09. The summed E-state index contributed by atoms with van der Waals surface area (Å²) in [5.41, 5.74) is 3.92. The third-order valence-electron chi connectivity index (χ3n) is 3.46. The van der Waals surface area contributed by atoms with Crippen LogP contribution < -0.4 is 10.2 Å². The Hall–Kier alpha value is -1.39. The van der Waals surface area contributed by atoms with E-state index < -0.39 is 0 Å². The Morgan fingerprint density at radius 1 is 1.37 bits per heavy atom. The lowest BCUT2D eigenvalue weighted by Gasteiger charge is -2.23. The summed E-state index contributed by atoms with van der Waals surface area (Å²) in [5, 5.41) is 6.90. The van der Waals surface area contributed by atoms with Gasteiger partial charge in [0.1, 0.15) is 0 Å². The summed E-state index contributed by atoms with van der Waals surface area (Å²) in [5.74, 6) is 0. The summed E-state index contributed by atoms with van der Waals surface area (Å²) < 4.78 is 0. The molecule has 1 aliphatic rings. The van der Waals surface area contributed by atoms with Gasteiger partial charge in [-0.05, 0) is 18.1 Å². The van der Waals surface area contributed by atoms with Gasteiger partial charge in [-0.2, -0.15) is 0 Å². The molecule has 1 aromatic heterocycles. The second kappa shape index (κ2) is 5.72. The standard InChI is InChI=1S/C15H19N3S/c1-2-15-17-13(11-19-15)10-18-8-7-16-9-12-5-3-4-6-14(12)18/h3-6,11,16H,2,7-10H2,1H3. The van der Waals surface area contributed by atoms with Crippen LogP contribution in [-0.2, 0) is 19.5 Å². The molecule has 0 bridgehead atoms. The molecule has 1 aliphatic heterocycles. The van der Waals surface area contributed by atoms with Crippen LogP contribution in [0.3, 0.4) is 0 Å². The number of fused-ring (bicyclic) bond motifs is 1. The molecule has 0 amide bonds. The average molecular weight is 273 g/mol. The number of para-hydroxylation sites is 1. The van der Waals surface area contributed by atoms with Gasteiger partial charge in [0.05, 0.1) is 17.2 Å². The normalized spacial score (nSPS) is 15.1. The first kappa shape index (κ1) is 12.6. The predicted octanol–water partition coefficient (Wildman–Crippen LogP) is 2.82. The number of rotatable bonds is 3. The Morgan fingerprint density at radius 3 is 3.11 bits per heavy atom. The number of nitrogens with one attached hydrogen (secondary N) is 1. The number of nitrogens with zero attached hydrogens (tertiary/aromatic N) is 2. The SMILES string of the molecule is CCc1nc(CN2CCNCc3ccccc32)cs1. The first-order valence-corrected chi connectivity index (χ1v) is 7.71. The minimum atomic E-state index is 0.912. The molecule has 0 saturated carbocycles. The molecule has 19 heavy (non-hydrogen) atoms. The van der Waals surface area contributed by atoms with Gasteiger partial charge in [0.25, 0.3) is 0 Å². The van der Waals surface area contributed by atoms with Crippen molar-refractivity contribution in [2.24, 2.45) is 0 Å². The van der Waals surface area contributed by atoms with E-state index in [9.17, 15) is 0 Å². The highest BCUT2D eigenvalue weighted by atomic mass is 32.1. The van der Waals surface area contributed by atoms with Crippen LogP contribution in [0.2, 0.25) is 0 Å². The second-order valence-electron chi connectivity index (χ2n) is 4.81. The Labute approximate surface area is 118 Å². The van der Waals surface area contributed by atoms with Crippen LogP contribution in [0.5, 0.6) is 0 Å². The zero-order valence-electron chi connectivity index (χ0n) is 11.2. The fourth-order valence-corrected chi connectivity index (χ4v) is 3.21. The van der Waals surface area contributed by atoms with Crippen molar-refractivity contribution in [3.8, 4) is 0 Å². The van der Waals surface area contributed by atoms with Crippen LogP contribution in [0, 0.1) is 0 Å². The lowest BCUT2D eigenvalue weighted by atomic mass is 10.1. The molecule has 1 N–H and O–H groups in total. The van der Waals surface area contributed by atoms with Crippen molar-refractivity contribution in [2.75, 3.05) is 18.0 Å². The van der Waals surface area contributed by atoms with Crippen molar-refractivity contribution >= 4 is 17.0 Å². The third-order valence-corrected chi connectivity index (χ3v) is 4.50. The molecule has 0 spiro atoms. The Kier molecular flexibility index (Phi) is 3.80. The van der Waals surface area contributed by atoms with Gasteiger partial charge in [-0.15, -0.1) is 11.3 Å². The maximum absolute atomic E-state index is 4.68. The molecule has 1 aromatic carbocycles. The molecule has 0 unspecified atom stereocenters. The topological polar surface area (TPSA) is 28.2 Å². The van der Waals surface area contributed by atoms with Gasteiger partial charge < -0.3 is 10.2 Å². The zero-order valence-corrected chi connectivity index (χ0v) is 12.0. The zero-order chi connectivity index (χ0) is 13.1. The molecule has 0 aliphatic carbocycles. The fourth-order valence-electron chi connectivity index (χ4n) is 2.47. The van der Waals surface area contributed by atoms with Crippen molar-refractivity contribution in [3.63, 3.8) is 0 Å². The highest BCUT2D eigenvalue weighted by Gasteiger charge is 2.15. The molecular formula is C15H19N3S. The number of hydrogen-bond acceptors (Lipinski definition) is 4. The van der Waals surface area contributed by atoms with Crippen molar-refractivity contribution in [1.82, 2.24) is 10.3 Å². The van der Waals surface area contributed by atoms with Crippen LogP contribution in [0.4, 0.5) is 5.69 Å². The fraction of sp³-hybridized carbons (Fsp3) is 0.400. The van der Waals surface area contributed by atoms with Crippen LogP contribution in [0.1, 0.15) is 23.2 Å². The molecule has 100 valence electrons. The van der Waals surface area contributed by atoms with Crippen molar-refractivity contribution in [3.05, 3.63) is 45.9 Å². The van der Waals surface area contributed by atoms with E-state index in [1.54, 1.807) is 11.3 Å². The Balaban J connectivity index is 1.83. The number of thiazole rings is 1. The summed E-state index contributed by atoms with van der Waals surface area (Å²) in [6.07, 6.45) is 1.03. The largest absolute Gasteiger partial charge is 0.364 e. The lowest BCUT2D eigenvalue weighted by Crippen LogP contribution is -2.28. The van der Waals surface area contributed by atoms with E-state index in [1.807, 2.05) is 0 Å². The maximum Gasteiger partial charge on any atom is 0.0926 e. The number of aromatic nitrogens is 1. The van der Waals surface area contributed by atoms with Gasteiger partial charge in [-0.25, -0.2) is 4.98 Å². The quantitative estimate of drug-likeness (QED) is 0.932. The Bertz CT molecular complexity index is 550. The van der Waals surface area contributed by atoms with E-state index in [4.69, 9.17) is 0 Å². The van der Waals surface area contributed by atoms with E-state index in [0.29, 0.717) is 0 Å². The number of hydrogen-bond donors (Lipinski definition) is 1. The first-order chi connectivity index (χ1) is 9.36. The van der Waals surface area contributed by atoms with Crippen LogP contribution >= 0.6 is 11.3 Å². The van der Waals surface area contributed by atoms with E-state index >= 15 is 0 Å². The third kappa shape index (κ3) is 2.80. The molecule has 0 saturated heterocycles. The smallest absolute Gasteiger partial charge is 0.0926 e. The molecule has 0 radical (unpaired) electrons. The number of aryl methyl sites for hydroxylation is 1. The molecule has 3 rings (SSSR count). The van der Waals surface area contributed by atoms with Gasteiger partial charge in [0.15, 0.2) is 0 Å². The summed E-state index contributed by atoms with van der Waals surface area (Å²) in [7, 11) is 0. The van der Waals surface area contributed by atoms with Crippen molar-refractivity contribution in [2.45, 2.75) is 26.4 Å². The van der Waals surface area contributed by atoms with E-state index in [0.717, 1.165) is 32.6 Å². The summed E-state index contributed by atoms with van der Waals surface area (Å²) in [4.78, 5) is 7.12. The highest BCUT2D eigenvalue weighted by Crippen LogP contribution is 2.24. The van der Waals surface area contributed by atoms with Crippen molar-refractivity contribution in [1.29, 1.82) is 0 Å². The molecular weight excluding hydrogens is 254 g/mol. The van der Waals surface area contributed by atoms with E-state index in [-0.39, 0.29) is 0 Å². The van der Waals surface area contributed by atoms with Gasteiger partial charge in [0, 0.05) is 30.7 Å². The number of anilines is 1. The van der Waals surface area contributed by atoms with Crippen LogP contribution in [0.15, 0.2) is 29.6 Å². The summed E-state index contributed by atoms with van der Waals surface area (Å²) >= 11 is 1.77. The predicted molar refractivity (Wildman–Crippen MR) is 80.7 cm³/mol. The van der Waals surface area contributed by atoms with Crippen molar-refractivity contribution < 1.29 is 0 Å². The van der Waals surface area contributed by atoms with Gasteiger partial charge in [0.2, 0.25) is 0 Å². The van der Waals surface area contributed by atoms with E-state index in [1.165, 1.54) is 22.0 Å². The molecule has 3 nitrogen and oxygen atoms in total. The maximum atomic E-state index is 4.68. The lowest BCUT2D eigenvalue weighted by molar-refractivity contribution is 0.685. The van der Waals surface area contributed by atoms with Crippen LogP contribution in [-0.4, -0.2) is 18.1 Å². The number of benzene rings is 1. The van der Waals surface area contributed by atoms with Gasteiger partial charge in [-0.3, -0.25) is 0 Å². The first-order valence-electron chi connectivity index (χ1n) is 6.83. The van der Waals surface area contributed by atoms with Gasteiger partial charge >= 0.3 is 0 Å². The summed E-state index contributed by atoms with van der Waals surface area (Å²) in [6.45, 7) is 6.10. The second-order valence-corrected chi connectivity index (χ2v) is 5.76. The molecule has 2 aromatic rings. The minimum Gasteiger partial charge on any atom is -0.364 e.